The van der Waals surface area contributed by atoms with Crippen LogP contribution in [0.25, 0.3) is 0 Å². The van der Waals surface area contributed by atoms with E-state index in [-0.39, 0.29) is 31.1 Å². The van der Waals surface area contributed by atoms with Crippen LogP contribution in [0.5, 0.6) is 11.5 Å². The molecule has 25 heavy (non-hydrogen) atoms. The minimum absolute atomic E-state index is 0.0586. The third kappa shape index (κ3) is 2.91. The first-order chi connectivity index (χ1) is 12.1. The molecule has 1 unspecified atom stereocenters. The molecule has 0 saturated heterocycles. The van der Waals surface area contributed by atoms with Crippen molar-refractivity contribution in [1.29, 1.82) is 0 Å². The van der Waals surface area contributed by atoms with Crippen molar-refractivity contribution in [1.82, 2.24) is 0 Å². The van der Waals surface area contributed by atoms with E-state index in [0.717, 1.165) is 17.7 Å². The second-order valence-corrected chi connectivity index (χ2v) is 6.24. The second-order valence-electron chi connectivity index (χ2n) is 6.24. The van der Waals surface area contributed by atoms with Gasteiger partial charge in [-0.3, -0.25) is 9.59 Å². The van der Waals surface area contributed by atoms with Crippen LogP contribution in [0.4, 0.5) is 11.4 Å². The van der Waals surface area contributed by atoms with Crippen LogP contribution in [0.1, 0.15) is 18.9 Å². The smallest absolute Gasteiger partial charge is 0.236 e. The highest BCUT2D eigenvalue weighted by atomic mass is 16.7. The van der Waals surface area contributed by atoms with E-state index in [1.807, 2.05) is 31.2 Å². The zero-order valence-corrected chi connectivity index (χ0v) is 13.8. The number of nitrogens with one attached hydrogen (secondary N) is 1. The molecule has 2 aliphatic heterocycles. The summed E-state index contributed by atoms with van der Waals surface area (Å²) in [5.74, 6) is 0.693. The van der Waals surface area contributed by atoms with E-state index in [1.165, 1.54) is 0 Å². The van der Waals surface area contributed by atoms with Crippen molar-refractivity contribution in [3.63, 3.8) is 0 Å². The fourth-order valence-electron chi connectivity index (χ4n) is 3.35. The lowest BCUT2D eigenvalue weighted by atomic mass is 10.1. The van der Waals surface area contributed by atoms with Crippen LogP contribution >= 0.6 is 0 Å². The first-order valence-electron chi connectivity index (χ1n) is 8.21. The maximum Gasteiger partial charge on any atom is 0.236 e. The molecule has 4 rings (SSSR count). The molecule has 2 amide bonds. The quantitative estimate of drug-likeness (QED) is 0.874. The molecule has 0 fully saturated rings. The van der Waals surface area contributed by atoms with E-state index in [9.17, 15) is 9.59 Å². The number of amides is 2. The third-order valence-corrected chi connectivity index (χ3v) is 4.44. The predicted molar refractivity (Wildman–Crippen MR) is 92.9 cm³/mol. The van der Waals surface area contributed by atoms with E-state index >= 15 is 0 Å². The number of carbonyl (C=O) groups is 2. The Labute approximate surface area is 145 Å². The van der Waals surface area contributed by atoms with Gasteiger partial charge in [-0.15, -0.1) is 0 Å². The summed E-state index contributed by atoms with van der Waals surface area (Å²) in [7, 11) is 0. The Balaban J connectivity index is 1.43. The van der Waals surface area contributed by atoms with E-state index < -0.39 is 0 Å². The van der Waals surface area contributed by atoms with Crippen molar-refractivity contribution in [3.8, 4) is 11.5 Å². The Morgan fingerprint density at radius 2 is 1.96 bits per heavy atom. The van der Waals surface area contributed by atoms with Gasteiger partial charge in [0.15, 0.2) is 11.5 Å². The van der Waals surface area contributed by atoms with E-state index in [1.54, 1.807) is 23.1 Å². The summed E-state index contributed by atoms with van der Waals surface area (Å²) in [6.07, 6.45) is 0.610. The number of para-hydroxylation sites is 1. The van der Waals surface area contributed by atoms with Gasteiger partial charge in [0.2, 0.25) is 18.6 Å². The molecule has 1 N–H and O–H groups in total. The van der Waals surface area contributed by atoms with Crippen LogP contribution in [-0.4, -0.2) is 24.6 Å². The second kappa shape index (κ2) is 6.12. The van der Waals surface area contributed by atoms with Gasteiger partial charge in [0.25, 0.3) is 0 Å². The number of ether oxygens (including phenoxy) is 2. The highest BCUT2D eigenvalue weighted by Gasteiger charge is 2.31. The first-order valence-corrected chi connectivity index (χ1v) is 8.21. The lowest BCUT2D eigenvalue weighted by Crippen LogP contribution is -2.37. The number of rotatable bonds is 3. The van der Waals surface area contributed by atoms with Crippen molar-refractivity contribution >= 4 is 23.2 Å². The minimum Gasteiger partial charge on any atom is -0.454 e. The molecule has 0 saturated carbocycles. The van der Waals surface area contributed by atoms with Gasteiger partial charge in [0.1, 0.15) is 6.42 Å². The molecular weight excluding hydrogens is 320 g/mol. The molecule has 0 bridgehead atoms. The highest BCUT2D eigenvalue weighted by Crippen LogP contribution is 2.34. The van der Waals surface area contributed by atoms with Crippen molar-refractivity contribution < 1.29 is 19.1 Å². The summed E-state index contributed by atoms with van der Waals surface area (Å²) >= 11 is 0. The molecule has 6 nitrogen and oxygen atoms in total. The molecule has 1 atom stereocenters. The van der Waals surface area contributed by atoms with Crippen molar-refractivity contribution in [2.24, 2.45) is 0 Å². The van der Waals surface area contributed by atoms with E-state index in [4.69, 9.17) is 9.47 Å². The normalized spacial score (nSPS) is 17.3. The minimum atomic E-state index is -0.347. The Kier molecular flexibility index (Phi) is 3.80. The predicted octanol–water partition coefficient (Wildman–Crippen LogP) is 2.72. The number of nitrogens with zero attached hydrogens (tertiary/aromatic N) is 1. The van der Waals surface area contributed by atoms with Crippen LogP contribution in [0, 0.1) is 0 Å². The van der Waals surface area contributed by atoms with Crippen LogP contribution in [0.2, 0.25) is 0 Å². The van der Waals surface area contributed by atoms with Gasteiger partial charge in [-0.2, -0.15) is 0 Å². The van der Waals surface area contributed by atoms with Crippen LogP contribution in [-0.2, 0) is 16.0 Å². The fourth-order valence-corrected chi connectivity index (χ4v) is 3.35. The molecule has 128 valence electrons. The first kappa shape index (κ1) is 15.5. The average molecular weight is 338 g/mol. The van der Waals surface area contributed by atoms with Crippen molar-refractivity contribution in [3.05, 3.63) is 48.0 Å². The lowest BCUT2D eigenvalue weighted by Gasteiger charge is -2.22. The van der Waals surface area contributed by atoms with Gasteiger partial charge in [-0.25, -0.2) is 0 Å². The van der Waals surface area contributed by atoms with Gasteiger partial charge < -0.3 is 19.7 Å². The maximum atomic E-state index is 12.6. The van der Waals surface area contributed by atoms with Crippen LogP contribution in [0.15, 0.2) is 42.5 Å². The van der Waals surface area contributed by atoms with Crippen molar-refractivity contribution in [2.75, 3.05) is 17.0 Å². The maximum absolute atomic E-state index is 12.6. The molecule has 6 heteroatoms. The van der Waals surface area contributed by atoms with Gasteiger partial charge >= 0.3 is 0 Å². The number of benzene rings is 2. The summed E-state index contributed by atoms with van der Waals surface area (Å²) in [4.78, 5) is 26.6. The van der Waals surface area contributed by atoms with Gasteiger partial charge in [0, 0.05) is 23.5 Å². The Morgan fingerprint density at radius 3 is 2.84 bits per heavy atom. The topological polar surface area (TPSA) is 67.9 Å². The lowest BCUT2D eigenvalue weighted by molar-refractivity contribution is -0.125. The molecule has 0 aliphatic carbocycles. The molecule has 2 aromatic rings. The Bertz CT molecular complexity index is 849. The van der Waals surface area contributed by atoms with E-state index in [2.05, 4.69) is 5.32 Å². The number of carbonyl (C=O) groups excluding carboxylic acids is 2. The Morgan fingerprint density at radius 1 is 1.16 bits per heavy atom. The summed E-state index contributed by atoms with van der Waals surface area (Å²) in [5, 5.41) is 2.74. The summed E-state index contributed by atoms with van der Waals surface area (Å²) in [6, 6.07) is 13.0. The number of hydrogen-bond donors (Lipinski definition) is 1. The molecular formula is C19H18N2O4. The standard InChI is InChI=1S/C19H18N2O4/c1-12-8-13-4-2-3-5-15(13)21(12)19(23)10-18(22)20-14-6-7-16-17(9-14)25-11-24-16/h2-7,9,12H,8,10-11H2,1H3,(H,20,22). The summed E-state index contributed by atoms with van der Waals surface area (Å²) in [6.45, 7) is 2.17. The number of anilines is 2. The summed E-state index contributed by atoms with van der Waals surface area (Å²) in [5.41, 5.74) is 2.62. The third-order valence-electron chi connectivity index (χ3n) is 4.44. The zero-order valence-electron chi connectivity index (χ0n) is 13.8. The van der Waals surface area contributed by atoms with E-state index in [0.29, 0.717) is 17.2 Å². The van der Waals surface area contributed by atoms with Crippen LogP contribution < -0.4 is 19.7 Å². The fraction of sp³-hybridized carbons (Fsp3) is 0.263. The largest absolute Gasteiger partial charge is 0.454 e. The molecule has 2 aliphatic rings. The van der Waals surface area contributed by atoms with Gasteiger partial charge in [0.05, 0.1) is 0 Å². The number of fused-ring (bicyclic) bond motifs is 2. The molecule has 2 aromatic carbocycles. The number of hydrogen-bond acceptors (Lipinski definition) is 4. The SMILES string of the molecule is CC1Cc2ccccc2N1C(=O)CC(=O)Nc1ccc2c(c1)OCO2. The monoisotopic (exact) mass is 338 g/mol. The highest BCUT2D eigenvalue weighted by molar-refractivity contribution is 6.10. The van der Waals surface area contributed by atoms with Gasteiger partial charge in [-0.05, 0) is 37.1 Å². The average Bonchev–Trinajstić information content (AvgIpc) is 3.16. The van der Waals surface area contributed by atoms with Crippen LogP contribution in [0.3, 0.4) is 0 Å². The molecule has 0 aromatic heterocycles. The molecule has 2 heterocycles. The summed E-state index contributed by atoms with van der Waals surface area (Å²) < 4.78 is 10.5. The Hall–Kier alpha value is -3.02. The van der Waals surface area contributed by atoms with Gasteiger partial charge in [-0.1, -0.05) is 18.2 Å². The molecule has 0 radical (unpaired) electrons. The zero-order chi connectivity index (χ0) is 17.4. The molecule has 0 spiro atoms. The van der Waals surface area contributed by atoms with Crippen molar-refractivity contribution in [2.45, 2.75) is 25.8 Å².